The topological polar surface area (TPSA) is 48.0 Å². The van der Waals surface area contributed by atoms with E-state index in [0.29, 0.717) is 30.0 Å². The van der Waals surface area contributed by atoms with E-state index in [2.05, 4.69) is 0 Å². The number of hydrogen-bond donors (Lipinski definition) is 0. The highest BCUT2D eigenvalue weighted by molar-refractivity contribution is 7.99. The maximum absolute atomic E-state index is 15.5. The fraction of sp³-hybridized carbons (Fsp3) is 0.594. The number of rotatable bonds is 7. The van der Waals surface area contributed by atoms with Crippen LogP contribution in [-0.2, 0) is 21.3 Å². The van der Waals surface area contributed by atoms with E-state index in [9.17, 15) is 9.18 Å². The van der Waals surface area contributed by atoms with Crippen molar-refractivity contribution in [1.29, 1.82) is 0 Å². The number of halogens is 3. The van der Waals surface area contributed by atoms with Crippen molar-refractivity contribution in [3.8, 4) is 5.75 Å². The number of hydrogen-bond acceptors (Lipinski definition) is 5. The lowest BCUT2D eigenvalue weighted by molar-refractivity contribution is -0.0962. The van der Waals surface area contributed by atoms with Gasteiger partial charge in [-0.15, -0.1) is 0 Å². The van der Waals surface area contributed by atoms with Gasteiger partial charge >= 0.3 is 6.09 Å². The van der Waals surface area contributed by atoms with Crippen LogP contribution in [0.2, 0.25) is 5.02 Å². The minimum absolute atomic E-state index is 0.0322. The average molecular weight is 608 g/mol. The van der Waals surface area contributed by atoms with E-state index in [-0.39, 0.29) is 36.5 Å². The van der Waals surface area contributed by atoms with E-state index in [1.54, 1.807) is 0 Å². The number of likely N-dealkylation sites (tertiary alicyclic amines) is 1. The molecule has 2 aromatic rings. The molecule has 5 rings (SSSR count). The number of piperidine rings is 1. The second-order valence-corrected chi connectivity index (χ2v) is 14.0. The van der Waals surface area contributed by atoms with Crippen molar-refractivity contribution in [1.82, 2.24) is 4.90 Å². The van der Waals surface area contributed by atoms with E-state index < -0.39 is 22.7 Å². The van der Waals surface area contributed by atoms with Crippen LogP contribution in [0.15, 0.2) is 36.4 Å². The largest absolute Gasteiger partial charge is 0.490 e. The SMILES string of the molecule is CC(C)(C)OC(=O)N1CCCC[C@H]1CSCC[C@@H]1OCC[C@@]2(Cc3ccc(Cl)cc3)c3c(F)ccc(F)c3OC[C@@H]12. The summed E-state index contributed by atoms with van der Waals surface area (Å²) < 4.78 is 48.3. The third-order valence-corrected chi connectivity index (χ3v) is 9.94. The molecule has 0 aromatic heterocycles. The summed E-state index contributed by atoms with van der Waals surface area (Å²) in [5, 5.41) is 0.637. The molecule has 0 aliphatic carbocycles. The summed E-state index contributed by atoms with van der Waals surface area (Å²) in [5.74, 6) is 0.584. The summed E-state index contributed by atoms with van der Waals surface area (Å²) >= 11 is 7.95. The molecule has 0 spiro atoms. The first-order chi connectivity index (χ1) is 19.6. The predicted octanol–water partition coefficient (Wildman–Crippen LogP) is 7.81. The smallest absolute Gasteiger partial charge is 0.410 e. The Bertz CT molecular complexity index is 1220. The molecule has 224 valence electrons. The van der Waals surface area contributed by atoms with Crippen LogP contribution in [0.1, 0.15) is 64.0 Å². The van der Waals surface area contributed by atoms with Crippen molar-refractivity contribution < 1.29 is 27.8 Å². The van der Waals surface area contributed by atoms with Crippen molar-refractivity contribution in [3.05, 3.63) is 64.2 Å². The van der Waals surface area contributed by atoms with E-state index in [4.69, 9.17) is 25.8 Å². The Balaban J connectivity index is 1.30. The third kappa shape index (κ3) is 6.80. The van der Waals surface area contributed by atoms with Crippen LogP contribution in [0.4, 0.5) is 13.6 Å². The van der Waals surface area contributed by atoms with Gasteiger partial charge in [0, 0.05) is 46.9 Å². The zero-order valence-corrected chi connectivity index (χ0v) is 25.7. The van der Waals surface area contributed by atoms with Crippen LogP contribution in [0.5, 0.6) is 5.75 Å². The first kappa shape index (κ1) is 30.4. The molecule has 0 unspecified atom stereocenters. The molecular weight excluding hydrogens is 568 g/mol. The molecule has 5 nitrogen and oxygen atoms in total. The van der Waals surface area contributed by atoms with Crippen LogP contribution in [0.25, 0.3) is 0 Å². The lowest BCUT2D eigenvalue weighted by Gasteiger charge is -2.51. The van der Waals surface area contributed by atoms with Crippen LogP contribution in [0, 0.1) is 17.6 Å². The number of nitrogens with zero attached hydrogens (tertiary/aromatic N) is 1. The van der Waals surface area contributed by atoms with Gasteiger partial charge in [0.2, 0.25) is 0 Å². The van der Waals surface area contributed by atoms with Gasteiger partial charge in [-0.25, -0.2) is 13.6 Å². The summed E-state index contributed by atoms with van der Waals surface area (Å²) in [6, 6.07) is 10.1. The number of carbonyl (C=O) groups is 1. The van der Waals surface area contributed by atoms with Gasteiger partial charge < -0.3 is 19.1 Å². The number of benzene rings is 2. The number of amides is 1. The monoisotopic (exact) mass is 607 g/mol. The van der Waals surface area contributed by atoms with Crippen molar-refractivity contribution in [2.75, 3.05) is 31.3 Å². The first-order valence-corrected chi connectivity index (χ1v) is 16.2. The summed E-state index contributed by atoms with van der Waals surface area (Å²) in [6.07, 6.45) is 4.54. The van der Waals surface area contributed by atoms with Gasteiger partial charge in [0.25, 0.3) is 0 Å². The minimum Gasteiger partial charge on any atom is -0.490 e. The van der Waals surface area contributed by atoms with Crippen LogP contribution in [-0.4, -0.2) is 60.0 Å². The van der Waals surface area contributed by atoms with Gasteiger partial charge in [-0.1, -0.05) is 23.7 Å². The second-order valence-electron chi connectivity index (χ2n) is 12.5. The zero-order valence-electron chi connectivity index (χ0n) is 24.1. The molecule has 41 heavy (non-hydrogen) atoms. The Morgan fingerprint density at radius 2 is 1.90 bits per heavy atom. The molecule has 0 radical (unpaired) electrons. The van der Waals surface area contributed by atoms with Gasteiger partial charge in [-0.2, -0.15) is 11.8 Å². The van der Waals surface area contributed by atoms with E-state index in [1.165, 1.54) is 6.07 Å². The number of fused-ring (bicyclic) bond motifs is 3. The molecule has 4 atom stereocenters. The Hall–Kier alpha value is -2.03. The molecule has 2 fully saturated rings. The summed E-state index contributed by atoms with van der Waals surface area (Å²) in [5.41, 5.74) is 0.176. The van der Waals surface area contributed by atoms with Crippen molar-refractivity contribution in [3.63, 3.8) is 0 Å². The van der Waals surface area contributed by atoms with E-state index in [1.807, 2.05) is 61.7 Å². The first-order valence-electron chi connectivity index (χ1n) is 14.6. The fourth-order valence-electron chi connectivity index (χ4n) is 6.65. The molecule has 9 heteroatoms. The third-order valence-electron chi connectivity index (χ3n) is 8.55. The quantitative estimate of drug-likeness (QED) is 0.301. The fourth-order valence-corrected chi connectivity index (χ4v) is 7.96. The van der Waals surface area contributed by atoms with Gasteiger partial charge in [0.1, 0.15) is 11.4 Å². The Labute approximate surface area is 251 Å². The standard InChI is InChI=1S/C32H40ClF2NO4S/c1-31(2,3)40-30(37)36-15-5-4-6-23(36)20-41-17-13-27-24-19-39-29-26(35)12-11-25(34)28(29)32(24,14-16-38-27)18-21-7-9-22(33)10-8-21/h7-12,23-24,27H,4-6,13-20H2,1-3H3/t23-,24-,27-,32-/m0/s1. The highest BCUT2D eigenvalue weighted by Gasteiger charge is 2.53. The predicted molar refractivity (Wildman–Crippen MR) is 159 cm³/mol. The van der Waals surface area contributed by atoms with E-state index >= 15 is 4.39 Å². The van der Waals surface area contributed by atoms with Gasteiger partial charge in [0.05, 0.1) is 12.7 Å². The van der Waals surface area contributed by atoms with Crippen molar-refractivity contribution in [2.45, 2.75) is 82.5 Å². The van der Waals surface area contributed by atoms with Crippen LogP contribution in [0.3, 0.4) is 0 Å². The number of carbonyl (C=O) groups excluding carboxylic acids is 1. The molecule has 0 bridgehead atoms. The molecule has 2 saturated heterocycles. The molecule has 3 aliphatic rings. The number of thioether (sulfide) groups is 1. The lowest BCUT2D eigenvalue weighted by Crippen LogP contribution is -2.55. The lowest BCUT2D eigenvalue weighted by atomic mass is 9.60. The molecule has 3 aliphatic heterocycles. The zero-order chi connectivity index (χ0) is 29.2. The minimum atomic E-state index is -0.655. The van der Waals surface area contributed by atoms with Crippen LogP contribution < -0.4 is 4.74 Å². The summed E-state index contributed by atoms with van der Waals surface area (Å²) in [7, 11) is 0. The van der Waals surface area contributed by atoms with Crippen molar-refractivity contribution in [2.24, 2.45) is 5.92 Å². The van der Waals surface area contributed by atoms with Gasteiger partial charge in [-0.05, 0) is 94.9 Å². The Morgan fingerprint density at radius 1 is 1.15 bits per heavy atom. The molecule has 3 heterocycles. The maximum Gasteiger partial charge on any atom is 0.410 e. The molecule has 0 saturated carbocycles. The normalized spacial score (nSPS) is 26.1. The van der Waals surface area contributed by atoms with Crippen molar-refractivity contribution >= 4 is 29.5 Å². The van der Waals surface area contributed by atoms with Gasteiger partial charge in [0.15, 0.2) is 11.6 Å². The van der Waals surface area contributed by atoms with Crippen LogP contribution >= 0.6 is 23.4 Å². The average Bonchev–Trinajstić information content (AvgIpc) is 2.93. The number of ether oxygens (including phenoxy) is 3. The second kappa shape index (κ2) is 12.7. The summed E-state index contributed by atoms with van der Waals surface area (Å²) in [4.78, 5) is 14.7. The van der Waals surface area contributed by atoms with E-state index in [0.717, 1.165) is 55.4 Å². The maximum atomic E-state index is 15.5. The Morgan fingerprint density at radius 3 is 2.66 bits per heavy atom. The molecular formula is C32H40ClF2NO4S. The highest BCUT2D eigenvalue weighted by atomic mass is 35.5. The Kier molecular flexibility index (Phi) is 9.41. The molecule has 1 amide bonds. The summed E-state index contributed by atoms with van der Waals surface area (Å²) in [6.45, 7) is 7.13. The molecule has 2 aromatic carbocycles. The molecule has 0 N–H and O–H groups in total. The highest BCUT2D eigenvalue weighted by Crippen LogP contribution is 2.53. The van der Waals surface area contributed by atoms with Gasteiger partial charge in [-0.3, -0.25) is 0 Å².